The van der Waals surface area contributed by atoms with Gasteiger partial charge < -0.3 is 173 Å². The molecule has 21 saturated heterocycles. The van der Waals surface area contributed by atoms with Gasteiger partial charge in [-0.15, -0.1) is 0 Å². The highest BCUT2D eigenvalue weighted by atomic mass is 16.8. The van der Waals surface area contributed by atoms with Crippen LogP contribution in [0.5, 0.6) is 0 Å². The molecule has 21 heterocycles. The number of ether oxygens (including phenoxy) is 15. The highest BCUT2D eigenvalue weighted by molar-refractivity contribution is 6.04. The highest BCUT2D eigenvalue weighted by Gasteiger charge is 2.60. The lowest BCUT2D eigenvalue weighted by Gasteiger charge is -2.50. The summed E-state index contributed by atoms with van der Waals surface area (Å²) in [6.07, 6.45) is -71.8. The van der Waals surface area contributed by atoms with E-state index in [-0.39, 0.29) is 5.56 Å². The molecular weight excluding hydrogens is 1210 g/mol. The van der Waals surface area contributed by atoms with E-state index in [0.29, 0.717) is 10.8 Å². The van der Waals surface area contributed by atoms with Crippen molar-refractivity contribution in [2.45, 2.75) is 215 Å². The van der Waals surface area contributed by atoms with Crippen molar-refractivity contribution >= 4 is 16.7 Å². The Morgan fingerprint density at radius 1 is 0.292 bits per heavy atom. The zero-order valence-electron chi connectivity index (χ0n) is 46.7. The molecule has 35 atom stereocenters. The fraction of sp³-hybridized carbons (Fsp3) is 0.792. The summed E-state index contributed by atoms with van der Waals surface area (Å²) in [7, 11) is 0. The smallest absolute Gasteiger partial charge is 0.338 e. The van der Waals surface area contributed by atoms with Crippen LogP contribution in [-0.4, -0.2) is 369 Å². The van der Waals surface area contributed by atoms with Crippen molar-refractivity contribution in [3.05, 3.63) is 48.0 Å². The van der Waals surface area contributed by atoms with Gasteiger partial charge in [-0.3, -0.25) is 0 Å². The van der Waals surface area contributed by atoms with Crippen molar-refractivity contribution < 1.29 is 178 Å². The van der Waals surface area contributed by atoms with Gasteiger partial charge in [0.15, 0.2) is 44.0 Å². The van der Waals surface area contributed by atoms with Crippen molar-refractivity contribution in [1.82, 2.24) is 0 Å². The molecule has 0 saturated carbocycles. The number of aliphatic hydroxyl groups is 20. The maximum Gasteiger partial charge on any atom is 0.338 e. The van der Waals surface area contributed by atoms with E-state index in [0.717, 1.165) is 0 Å². The molecule has 20 N–H and O–H groups in total. The molecule has 21 fully saturated rings. The van der Waals surface area contributed by atoms with Crippen LogP contribution in [-0.2, 0) is 71.1 Å². The predicted molar refractivity (Wildman–Crippen MR) is 276 cm³/mol. The Bertz CT molecular complexity index is 2570. The van der Waals surface area contributed by atoms with Gasteiger partial charge in [-0.25, -0.2) is 4.79 Å². The van der Waals surface area contributed by atoms with Crippen LogP contribution in [0.4, 0.5) is 0 Å². The second-order valence-electron chi connectivity index (χ2n) is 22.6. The number of hydrogen-bond acceptors (Lipinski definition) is 36. The van der Waals surface area contributed by atoms with Gasteiger partial charge in [0.05, 0.1) is 45.2 Å². The molecule has 0 spiro atoms. The number of esters is 1. The minimum absolute atomic E-state index is 0.0501. The molecule has 0 amide bonds. The summed E-state index contributed by atoms with van der Waals surface area (Å²) in [5.74, 6) is -0.961. The third-order valence-corrected chi connectivity index (χ3v) is 17.0. The molecule has 89 heavy (non-hydrogen) atoms. The summed E-state index contributed by atoms with van der Waals surface area (Å²) in [6.45, 7) is -7.32. The molecular formula is C53H76O36. The average Bonchev–Trinajstić information content (AvgIpc) is 1.03. The molecule has 2 aromatic carbocycles. The summed E-state index contributed by atoms with van der Waals surface area (Å²) in [5, 5.41) is 225. The lowest BCUT2D eigenvalue weighted by molar-refractivity contribution is -0.396. The summed E-state index contributed by atoms with van der Waals surface area (Å²) in [6, 6.07) is 11.5. The third-order valence-electron chi connectivity index (χ3n) is 17.0. The topological polar surface area (TPSA) is 560 Å². The van der Waals surface area contributed by atoms with Crippen molar-refractivity contribution in [2.24, 2.45) is 0 Å². The van der Waals surface area contributed by atoms with Crippen molar-refractivity contribution in [2.75, 3.05) is 46.2 Å². The molecule has 36 nitrogen and oxygen atoms in total. The third kappa shape index (κ3) is 13.6. The quantitative estimate of drug-likeness (QED) is 0.104. The lowest BCUT2D eigenvalue weighted by Crippen LogP contribution is -2.68. The maximum absolute atomic E-state index is 13.8. The van der Waals surface area contributed by atoms with Crippen LogP contribution < -0.4 is 0 Å². The van der Waals surface area contributed by atoms with E-state index >= 15 is 0 Å². The van der Waals surface area contributed by atoms with Gasteiger partial charge in [-0.2, -0.15) is 0 Å². The maximum atomic E-state index is 13.8. The fourth-order valence-electron chi connectivity index (χ4n) is 12.0. The van der Waals surface area contributed by atoms with Crippen LogP contribution in [0.15, 0.2) is 42.5 Å². The Kier molecular flexibility index (Phi) is 22.5. The monoisotopic (exact) mass is 1290 g/mol. The molecule has 21 aliphatic rings. The molecule has 504 valence electrons. The molecule has 2 aromatic rings. The first-order valence-corrected chi connectivity index (χ1v) is 28.6. The highest BCUT2D eigenvalue weighted by Crippen LogP contribution is 2.39. The summed E-state index contributed by atoms with van der Waals surface area (Å²) in [5.41, 5.74) is 0.0501. The minimum Gasteiger partial charge on any atom is -0.459 e. The first kappa shape index (κ1) is 68.7. The largest absolute Gasteiger partial charge is 0.459 e. The van der Waals surface area contributed by atoms with Crippen molar-refractivity contribution in [1.29, 1.82) is 0 Å². The van der Waals surface area contributed by atoms with Gasteiger partial charge in [-0.1, -0.05) is 36.4 Å². The first-order valence-electron chi connectivity index (χ1n) is 28.6. The van der Waals surface area contributed by atoms with Crippen LogP contribution in [0, 0.1) is 0 Å². The standard InChI is InChI=1S/C53H76O36/c54-8-18-39-26(61)33(68)48(77-18)85-41-20(10-56)79-50(35(70)28(41)63)87-43-22(12-58)81-52(37(72)30(43)65)89-45-24(14-75-46(74)17-7-3-5-15-4-1-2-6-16(15)17)82-53(38(73)31(45)66)88-44-23(13-59)80-51(36(71)29(44)64)86-42-21(11-57)78-49(34(69)27(42)62)84-40-19(9-55)76-47(83-39)32(67)25(40)60/h1-7,18-45,47-73H,8-14H2/t18-,19-,20-,21-,22-,23-,24-,25-,26-,27-,28-,29-,30-,31-,32-,33-,34-,35-,36-,37-,38-,39-,40-,41-,42-,43-,44-,45-,47-,48-,49-,50-,51-,52-,53-/m1/s1. The number of carbonyl (C=O) groups is 1. The van der Waals surface area contributed by atoms with E-state index in [2.05, 4.69) is 0 Å². The van der Waals surface area contributed by atoms with Gasteiger partial charge in [0.25, 0.3) is 0 Å². The van der Waals surface area contributed by atoms with Gasteiger partial charge in [0.1, 0.15) is 178 Å². The fourth-order valence-corrected chi connectivity index (χ4v) is 12.0. The number of fused-ring (bicyclic) bond motifs is 1. The van der Waals surface area contributed by atoms with Crippen LogP contribution in [0.3, 0.4) is 0 Å². The average molecular weight is 1290 g/mol. The number of aliphatic hydroxyl groups excluding tert-OH is 20. The Balaban J connectivity index is 0.952. The SMILES string of the molecule is O=C(OC[C@H]1O[C@@H]2O[C@H]3[C@H](O)[C@@H](O)[C@@H](O[C@H]4[C@H](O)[C@@H](O)[C@@H](O[C@H]5[C@H](O)[C@@H](O)[C@@H](O[C@H]6[C@H](O)[C@@H](O)[C@@H](O[C@H]7[C@H](O)[C@@H](O)[C@@H](O[C@H]8[C@H](O)[C@@H](O)[C@@H](O[C@H]1[C@H](O)[C@H]2O)O[C@@H]8CO)O[C@@H]7CO)O[C@@H]6CO)O[C@@H]5CO)O[C@@H]4CO)O[C@@H]3CO)c1cccc2ccccc12. The lowest BCUT2D eigenvalue weighted by atomic mass is 9.95. The van der Waals surface area contributed by atoms with Gasteiger partial charge in [0, 0.05) is 0 Å². The molecule has 0 unspecified atom stereocenters. The van der Waals surface area contributed by atoms with E-state index in [1.807, 2.05) is 0 Å². The summed E-state index contributed by atoms with van der Waals surface area (Å²) < 4.78 is 86.8. The van der Waals surface area contributed by atoms with Gasteiger partial charge in [-0.05, 0) is 16.8 Å². The van der Waals surface area contributed by atoms with Crippen LogP contribution in [0.2, 0.25) is 0 Å². The predicted octanol–water partition coefficient (Wildman–Crippen LogP) is -12.2. The second kappa shape index (κ2) is 29.2. The number of carbonyl (C=O) groups excluding carboxylic acids is 1. The number of hydrogen-bond donors (Lipinski definition) is 20. The molecule has 14 bridgehead atoms. The van der Waals surface area contributed by atoms with Crippen LogP contribution in [0.1, 0.15) is 10.4 Å². The van der Waals surface area contributed by atoms with E-state index in [1.54, 1.807) is 36.4 Å². The molecule has 0 aromatic heterocycles. The number of rotatable bonds is 9. The Morgan fingerprint density at radius 2 is 0.517 bits per heavy atom. The minimum atomic E-state index is -2.29. The van der Waals surface area contributed by atoms with E-state index in [1.165, 1.54) is 6.07 Å². The van der Waals surface area contributed by atoms with E-state index in [4.69, 9.17) is 71.1 Å². The van der Waals surface area contributed by atoms with Gasteiger partial charge >= 0.3 is 5.97 Å². The zero-order valence-corrected chi connectivity index (χ0v) is 46.7. The van der Waals surface area contributed by atoms with Crippen LogP contribution in [0.25, 0.3) is 10.8 Å². The first-order chi connectivity index (χ1) is 42.6. The molecule has 23 rings (SSSR count). The van der Waals surface area contributed by atoms with Crippen molar-refractivity contribution in [3.63, 3.8) is 0 Å². The van der Waals surface area contributed by atoms with Crippen molar-refractivity contribution in [3.8, 4) is 0 Å². The molecule has 0 aliphatic carbocycles. The zero-order chi connectivity index (χ0) is 64.0. The Morgan fingerprint density at radius 3 is 0.775 bits per heavy atom. The molecule has 36 heteroatoms. The summed E-state index contributed by atoms with van der Waals surface area (Å²) in [4.78, 5) is 13.8. The number of benzene rings is 2. The van der Waals surface area contributed by atoms with E-state index in [9.17, 15) is 107 Å². The van der Waals surface area contributed by atoms with Crippen LogP contribution >= 0.6 is 0 Å². The Labute approximate surface area is 503 Å². The molecule has 21 aliphatic heterocycles. The van der Waals surface area contributed by atoms with E-state index < -0.39 is 267 Å². The summed E-state index contributed by atoms with van der Waals surface area (Å²) >= 11 is 0. The second-order valence-corrected chi connectivity index (χ2v) is 22.6. The van der Waals surface area contributed by atoms with Gasteiger partial charge in [0.2, 0.25) is 0 Å². The normalized spacial score (nSPS) is 49.4. The molecule has 0 radical (unpaired) electrons. The Hall–Kier alpha value is -3.19.